The van der Waals surface area contributed by atoms with Crippen molar-refractivity contribution in [3.8, 4) is 5.69 Å². The van der Waals surface area contributed by atoms with Gasteiger partial charge in [0.25, 0.3) is 0 Å². The maximum absolute atomic E-state index is 11.3. The number of rotatable bonds is 3. The third-order valence-electron chi connectivity index (χ3n) is 3.73. The zero-order valence-corrected chi connectivity index (χ0v) is 12.1. The van der Waals surface area contributed by atoms with Crippen LogP contribution >= 0.6 is 0 Å². The molecule has 0 radical (unpaired) electrons. The Kier molecular flexibility index (Phi) is 3.96. The van der Waals surface area contributed by atoms with Crippen molar-refractivity contribution in [2.45, 2.75) is 13.5 Å². The first-order valence-electron chi connectivity index (χ1n) is 7.17. The molecule has 0 spiro atoms. The molecule has 1 amide bonds. The standard InChI is InChI=1S/C15H19N5O/c1-13(21)19-9-7-18(8-10-19)12-14-11-16-20(17-14)15-5-3-2-4-6-15/h2-6,11H,7-10,12H2,1H3. The molecular formula is C15H19N5O. The van der Waals surface area contributed by atoms with E-state index in [1.807, 2.05) is 41.4 Å². The molecule has 0 bridgehead atoms. The molecule has 21 heavy (non-hydrogen) atoms. The minimum Gasteiger partial charge on any atom is -0.340 e. The number of hydrogen-bond donors (Lipinski definition) is 0. The van der Waals surface area contributed by atoms with Crippen molar-refractivity contribution in [2.24, 2.45) is 0 Å². The van der Waals surface area contributed by atoms with Crippen LogP contribution < -0.4 is 0 Å². The summed E-state index contributed by atoms with van der Waals surface area (Å²) in [6.45, 7) is 5.76. The van der Waals surface area contributed by atoms with E-state index in [-0.39, 0.29) is 5.91 Å². The molecule has 3 rings (SSSR count). The molecule has 2 heterocycles. The predicted octanol–water partition coefficient (Wildman–Crippen LogP) is 0.931. The Bertz CT molecular complexity index is 602. The quantitative estimate of drug-likeness (QED) is 0.842. The van der Waals surface area contributed by atoms with E-state index in [4.69, 9.17) is 0 Å². The van der Waals surface area contributed by atoms with Gasteiger partial charge >= 0.3 is 0 Å². The predicted molar refractivity (Wildman–Crippen MR) is 78.9 cm³/mol. The molecule has 1 aliphatic rings. The molecule has 0 aliphatic carbocycles. The summed E-state index contributed by atoms with van der Waals surface area (Å²) in [6, 6.07) is 9.88. The summed E-state index contributed by atoms with van der Waals surface area (Å²) in [5.41, 5.74) is 1.92. The molecule has 1 aromatic heterocycles. The summed E-state index contributed by atoms with van der Waals surface area (Å²) in [7, 11) is 0. The molecule has 110 valence electrons. The van der Waals surface area contributed by atoms with Gasteiger partial charge in [0.15, 0.2) is 0 Å². The van der Waals surface area contributed by atoms with Crippen LogP contribution in [0.3, 0.4) is 0 Å². The van der Waals surface area contributed by atoms with Crippen LogP contribution in [0.15, 0.2) is 36.5 Å². The van der Waals surface area contributed by atoms with Gasteiger partial charge < -0.3 is 4.90 Å². The molecule has 6 heteroatoms. The number of carbonyl (C=O) groups excluding carboxylic acids is 1. The Morgan fingerprint density at radius 3 is 2.52 bits per heavy atom. The number of amides is 1. The first kappa shape index (κ1) is 13.8. The number of carbonyl (C=O) groups is 1. The van der Waals surface area contributed by atoms with Crippen molar-refractivity contribution in [1.82, 2.24) is 24.8 Å². The lowest BCUT2D eigenvalue weighted by atomic mass is 10.3. The molecule has 1 aliphatic heterocycles. The van der Waals surface area contributed by atoms with Gasteiger partial charge in [0.1, 0.15) is 0 Å². The second-order valence-corrected chi connectivity index (χ2v) is 5.24. The van der Waals surface area contributed by atoms with Gasteiger partial charge in [-0.05, 0) is 12.1 Å². The number of aromatic nitrogens is 3. The van der Waals surface area contributed by atoms with E-state index in [0.29, 0.717) is 0 Å². The van der Waals surface area contributed by atoms with Gasteiger partial charge in [0, 0.05) is 39.6 Å². The van der Waals surface area contributed by atoms with Crippen LogP contribution in [0.1, 0.15) is 12.6 Å². The highest BCUT2D eigenvalue weighted by Crippen LogP contribution is 2.08. The second-order valence-electron chi connectivity index (χ2n) is 5.24. The molecular weight excluding hydrogens is 266 g/mol. The van der Waals surface area contributed by atoms with Crippen molar-refractivity contribution in [1.29, 1.82) is 0 Å². The van der Waals surface area contributed by atoms with Crippen LogP contribution in [0.5, 0.6) is 0 Å². The van der Waals surface area contributed by atoms with E-state index >= 15 is 0 Å². The highest BCUT2D eigenvalue weighted by Gasteiger charge is 2.19. The number of hydrogen-bond acceptors (Lipinski definition) is 4. The maximum Gasteiger partial charge on any atom is 0.219 e. The molecule has 1 aromatic carbocycles. The topological polar surface area (TPSA) is 54.3 Å². The normalized spacial score (nSPS) is 16.1. The van der Waals surface area contributed by atoms with Crippen LogP contribution in [0.25, 0.3) is 5.69 Å². The van der Waals surface area contributed by atoms with E-state index in [2.05, 4.69) is 15.1 Å². The summed E-state index contributed by atoms with van der Waals surface area (Å²) < 4.78 is 0. The Morgan fingerprint density at radius 2 is 1.86 bits per heavy atom. The highest BCUT2D eigenvalue weighted by atomic mass is 16.2. The summed E-state index contributed by atoms with van der Waals surface area (Å²) in [5.74, 6) is 0.157. The number of benzene rings is 1. The fourth-order valence-corrected chi connectivity index (χ4v) is 2.50. The SMILES string of the molecule is CC(=O)N1CCN(Cc2cnn(-c3ccccc3)n2)CC1. The monoisotopic (exact) mass is 285 g/mol. The zero-order chi connectivity index (χ0) is 14.7. The van der Waals surface area contributed by atoms with E-state index in [0.717, 1.165) is 44.1 Å². The van der Waals surface area contributed by atoms with E-state index in [9.17, 15) is 4.79 Å². The fraction of sp³-hybridized carbons (Fsp3) is 0.400. The second kappa shape index (κ2) is 6.05. The van der Waals surface area contributed by atoms with Gasteiger partial charge in [-0.15, -0.1) is 0 Å². The largest absolute Gasteiger partial charge is 0.340 e. The molecule has 6 nitrogen and oxygen atoms in total. The van der Waals surface area contributed by atoms with Crippen molar-refractivity contribution in [2.75, 3.05) is 26.2 Å². The minimum absolute atomic E-state index is 0.157. The molecule has 0 saturated carbocycles. The van der Waals surface area contributed by atoms with E-state index in [1.54, 1.807) is 11.7 Å². The summed E-state index contributed by atoms with van der Waals surface area (Å²) in [5, 5.41) is 8.82. The van der Waals surface area contributed by atoms with Crippen molar-refractivity contribution in [3.05, 3.63) is 42.2 Å². The first-order valence-corrected chi connectivity index (χ1v) is 7.17. The Labute approximate surface area is 124 Å². The number of para-hydroxylation sites is 1. The highest BCUT2D eigenvalue weighted by molar-refractivity contribution is 5.73. The summed E-state index contributed by atoms with van der Waals surface area (Å²) >= 11 is 0. The zero-order valence-electron chi connectivity index (χ0n) is 12.1. The smallest absolute Gasteiger partial charge is 0.219 e. The first-order chi connectivity index (χ1) is 10.2. The van der Waals surface area contributed by atoms with E-state index in [1.165, 1.54) is 0 Å². The average molecular weight is 285 g/mol. The third kappa shape index (κ3) is 3.28. The van der Waals surface area contributed by atoms with Crippen molar-refractivity contribution in [3.63, 3.8) is 0 Å². The summed E-state index contributed by atoms with van der Waals surface area (Å²) in [6.07, 6.45) is 1.81. The maximum atomic E-state index is 11.3. The van der Waals surface area contributed by atoms with Crippen LogP contribution in [-0.2, 0) is 11.3 Å². The van der Waals surface area contributed by atoms with Gasteiger partial charge in [-0.2, -0.15) is 15.0 Å². The van der Waals surface area contributed by atoms with E-state index < -0.39 is 0 Å². The fourth-order valence-electron chi connectivity index (χ4n) is 2.50. The van der Waals surface area contributed by atoms with Gasteiger partial charge in [-0.1, -0.05) is 18.2 Å². The van der Waals surface area contributed by atoms with Gasteiger partial charge in [-0.25, -0.2) is 0 Å². The summed E-state index contributed by atoms with van der Waals surface area (Å²) in [4.78, 5) is 17.2. The lowest BCUT2D eigenvalue weighted by Gasteiger charge is -2.33. The van der Waals surface area contributed by atoms with Gasteiger partial charge in [0.05, 0.1) is 17.6 Å². The lowest BCUT2D eigenvalue weighted by Crippen LogP contribution is -2.47. The number of piperazine rings is 1. The number of nitrogens with zero attached hydrogens (tertiary/aromatic N) is 5. The molecule has 1 saturated heterocycles. The Morgan fingerprint density at radius 1 is 1.14 bits per heavy atom. The molecule has 1 fully saturated rings. The van der Waals surface area contributed by atoms with Gasteiger partial charge in [0.2, 0.25) is 5.91 Å². The third-order valence-corrected chi connectivity index (χ3v) is 3.73. The molecule has 0 atom stereocenters. The average Bonchev–Trinajstić information content (AvgIpc) is 2.97. The molecule has 0 N–H and O–H groups in total. The van der Waals surface area contributed by atoms with Crippen LogP contribution in [0, 0.1) is 0 Å². The lowest BCUT2D eigenvalue weighted by molar-refractivity contribution is -0.130. The Hall–Kier alpha value is -2.21. The molecule has 2 aromatic rings. The van der Waals surface area contributed by atoms with Crippen molar-refractivity contribution < 1.29 is 4.79 Å². The Balaban J connectivity index is 1.60. The minimum atomic E-state index is 0.157. The van der Waals surface area contributed by atoms with Gasteiger partial charge in [-0.3, -0.25) is 9.69 Å². The molecule has 0 unspecified atom stereocenters. The van der Waals surface area contributed by atoms with Crippen LogP contribution in [0.4, 0.5) is 0 Å². The van der Waals surface area contributed by atoms with Crippen LogP contribution in [0.2, 0.25) is 0 Å². The van der Waals surface area contributed by atoms with Crippen molar-refractivity contribution >= 4 is 5.91 Å². The van der Waals surface area contributed by atoms with Crippen LogP contribution in [-0.4, -0.2) is 56.9 Å².